The number of ether oxygens (including phenoxy) is 1. The van der Waals surface area contributed by atoms with Gasteiger partial charge >= 0.3 is 5.97 Å². The molecular weight excluding hydrogens is 1010 g/mol. The van der Waals surface area contributed by atoms with E-state index in [1.54, 1.807) is 6.08 Å². The molecule has 0 aromatic heterocycles. The smallest absolute Gasteiger partial charge is 0.305 e. The first-order chi connectivity index (χ1) is 40.5. The zero-order valence-corrected chi connectivity index (χ0v) is 55.2. The quantitative estimate of drug-likeness (QED) is 0.0320. The van der Waals surface area contributed by atoms with Crippen molar-refractivity contribution in [2.24, 2.45) is 0 Å². The van der Waals surface area contributed by atoms with Gasteiger partial charge in [0.1, 0.15) is 0 Å². The number of carbonyl (C=O) groups is 2. The maximum Gasteiger partial charge on any atom is 0.305 e. The molecule has 0 fully saturated rings. The topological polar surface area (TPSA) is 95.9 Å². The fourth-order valence-corrected chi connectivity index (χ4v) is 11.4. The summed E-state index contributed by atoms with van der Waals surface area (Å²) in [6, 6.07) is -0.631. The molecule has 0 aliphatic rings. The predicted octanol–water partition coefficient (Wildman–Crippen LogP) is 24.0. The number of hydrogen-bond donors (Lipinski definition) is 3. The molecule has 0 aromatic rings. The number of rotatable bonds is 69. The van der Waals surface area contributed by atoms with Crippen LogP contribution in [0.15, 0.2) is 48.6 Å². The molecule has 0 saturated heterocycles. The lowest BCUT2D eigenvalue weighted by Gasteiger charge is -2.20. The molecule has 82 heavy (non-hydrogen) atoms. The minimum Gasteiger partial charge on any atom is -0.466 e. The van der Waals surface area contributed by atoms with Crippen LogP contribution < -0.4 is 5.32 Å². The van der Waals surface area contributed by atoms with Crippen molar-refractivity contribution in [3.8, 4) is 0 Å². The summed E-state index contributed by atoms with van der Waals surface area (Å²) in [5, 5.41) is 23.3. The van der Waals surface area contributed by atoms with Gasteiger partial charge in [0.05, 0.1) is 25.4 Å². The maximum absolute atomic E-state index is 12.5. The van der Waals surface area contributed by atoms with Crippen molar-refractivity contribution in [3.63, 3.8) is 0 Å². The van der Waals surface area contributed by atoms with E-state index in [0.29, 0.717) is 19.4 Å². The molecular formula is C76H143NO5. The molecule has 0 aromatic carbocycles. The molecule has 0 spiro atoms. The molecule has 0 saturated carbocycles. The van der Waals surface area contributed by atoms with Gasteiger partial charge in [-0.2, -0.15) is 0 Å². The van der Waals surface area contributed by atoms with Crippen molar-refractivity contribution in [3.05, 3.63) is 48.6 Å². The molecule has 0 radical (unpaired) electrons. The van der Waals surface area contributed by atoms with Crippen molar-refractivity contribution in [2.45, 2.75) is 411 Å². The van der Waals surface area contributed by atoms with Gasteiger partial charge < -0.3 is 20.3 Å². The summed E-state index contributed by atoms with van der Waals surface area (Å²) in [5.74, 6) is -0.0620. The Kier molecular flexibility index (Phi) is 69.4. The lowest BCUT2D eigenvalue weighted by molar-refractivity contribution is -0.143. The Bertz CT molecular complexity index is 1370. The van der Waals surface area contributed by atoms with Crippen molar-refractivity contribution >= 4 is 11.9 Å². The van der Waals surface area contributed by atoms with E-state index in [4.69, 9.17) is 4.74 Å². The highest BCUT2D eigenvalue weighted by Crippen LogP contribution is 2.18. The van der Waals surface area contributed by atoms with Crippen LogP contribution in [-0.4, -0.2) is 47.4 Å². The van der Waals surface area contributed by atoms with Crippen molar-refractivity contribution in [1.29, 1.82) is 0 Å². The molecule has 6 nitrogen and oxygen atoms in total. The van der Waals surface area contributed by atoms with E-state index in [-0.39, 0.29) is 18.5 Å². The highest BCUT2D eigenvalue weighted by atomic mass is 16.5. The number of aliphatic hydroxyl groups excluding tert-OH is 2. The van der Waals surface area contributed by atoms with Crippen molar-refractivity contribution in [1.82, 2.24) is 5.32 Å². The van der Waals surface area contributed by atoms with Gasteiger partial charge in [-0.15, -0.1) is 0 Å². The Balaban J connectivity index is 3.43. The average Bonchev–Trinajstić information content (AvgIpc) is 3.48. The van der Waals surface area contributed by atoms with E-state index in [1.807, 2.05) is 6.08 Å². The average molecular weight is 1150 g/mol. The van der Waals surface area contributed by atoms with E-state index in [0.717, 1.165) is 51.4 Å². The first-order valence-electron chi connectivity index (χ1n) is 36.9. The summed E-state index contributed by atoms with van der Waals surface area (Å²) in [4.78, 5) is 24.6. The molecule has 0 rings (SSSR count). The second-order valence-corrected chi connectivity index (χ2v) is 25.3. The number of esters is 1. The zero-order valence-electron chi connectivity index (χ0n) is 55.2. The standard InChI is InChI=1S/C76H143NO5/c1-3-5-7-9-11-13-15-17-19-20-21-22-32-35-38-41-44-48-52-56-60-64-68-74(79)73(72-78)77-75(80)69-65-61-57-53-49-45-42-39-36-33-30-28-26-24-23-25-27-29-31-34-37-40-43-47-51-55-59-63-67-71-82-76(81)70-66-62-58-54-50-46-18-16-14-12-10-8-6-4-2/h16,18,23,25,29,31,64,68,73-74,78-79H,3-15,17,19-22,24,26-28,30,32-63,65-67,69-72H2,1-2H3,(H,77,80)/b18-16-,25-23-,31-29-,68-64+. The van der Waals surface area contributed by atoms with Gasteiger partial charge in [0, 0.05) is 12.8 Å². The van der Waals surface area contributed by atoms with E-state index in [9.17, 15) is 19.8 Å². The van der Waals surface area contributed by atoms with Gasteiger partial charge in [0.2, 0.25) is 5.91 Å². The number of unbranched alkanes of at least 4 members (excludes halogenated alkanes) is 52. The summed E-state index contributed by atoms with van der Waals surface area (Å²) in [6.07, 6.45) is 93.4. The Hall–Kier alpha value is -2.18. The number of nitrogens with one attached hydrogen (secondary N) is 1. The number of allylic oxidation sites excluding steroid dienone is 7. The van der Waals surface area contributed by atoms with Crippen molar-refractivity contribution in [2.75, 3.05) is 13.2 Å². The third-order valence-corrected chi connectivity index (χ3v) is 17.1. The minimum absolute atomic E-state index is 0.00338. The second kappa shape index (κ2) is 71.3. The lowest BCUT2D eigenvalue weighted by Crippen LogP contribution is -2.45. The molecule has 6 heteroatoms. The summed E-state index contributed by atoms with van der Waals surface area (Å²) < 4.78 is 5.48. The predicted molar refractivity (Wildman–Crippen MR) is 361 cm³/mol. The van der Waals surface area contributed by atoms with Gasteiger partial charge in [-0.25, -0.2) is 0 Å². The maximum atomic E-state index is 12.5. The molecule has 0 aliphatic heterocycles. The lowest BCUT2D eigenvalue weighted by atomic mass is 10.0. The van der Waals surface area contributed by atoms with E-state index >= 15 is 0 Å². The van der Waals surface area contributed by atoms with Gasteiger partial charge in [0.25, 0.3) is 0 Å². The minimum atomic E-state index is -0.847. The molecule has 0 aliphatic carbocycles. The Labute approximate surface area is 512 Å². The normalized spacial score (nSPS) is 12.8. The van der Waals surface area contributed by atoms with Gasteiger partial charge in [0.15, 0.2) is 0 Å². The number of carbonyl (C=O) groups excluding carboxylic acids is 2. The zero-order chi connectivity index (χ0) is 59.2. The first-order valence-corrected chi connectivity index (χ1v) is 36.9. The van der Waals surface area contributed by atoms with Crippen LogP contribution in [0.3, 0.4) is 0 Å². The fraction of sp³-hybridized carbons (Fsp3) is 0.868. The van der Waals surface area contributed by atoms with E-state index in [1.165, 1.54) is 321 Å². The van der Waals surface area contributed by atoms with Crippen LogP contribution in [0.25, 0.3) is 0 Å². The van der Waals surface area contributed by atoms with E-state index < -0.39 is 12.1 Å². The Morgan fingerprint density at radius 3 is 0.939 bits per heavy atom. The summed E-state index contributed by atoms with van der Waals surface area (Å²) in [7, 11) is 0. The molecule has 1 amide bonds. The van der Waals surface area contributed by atoms with Crippen LogP contribution in [0.1, 0.15) is 399 Å². The SMILES string of the molecule is CCCCCCC/C=C\CCCCCCCC(=O)OCCCCCCCCCCC/C=C\C/C=C\CCCCCCCCCCCCCCCC(=O)NC(CO)C(O)/C=C/CCCCCCCCCCCCCCCCCCCCCC. The van der Waals surface area contributed by atoms with Crippen LogP contribution in [0.5, 0.6) is 0 Å². The monoisotopic (exact) mass is 1150 g/mol. The van der Waals surface area contributed by atoms with Crippen LogP contribution >= 0.6 is 0 Å². The van der Waals surface area contributed by atoms with Crippen LogP contribution in [-0.2, 0) is 14.3 Å². The van der Waals surface area contributed by atoms with Crippen LogP contribution in [0.4, 0.5) is 0 Å². The first kappa shape index (κ1) is 79.8. The highest BCUT2D eigenvalue weighted by Gasteiger charge is 2.18. The molecule has 0 bridgehead atoms. The third kappa shape index (κ3) is 67.0. The Morgan fingerprint density at radius 2 is 0.610 bits per heavy atom. The fourth-order valence-electron chi connectivity index (χ4n) is 11.4. The number of aliphatic hydroxyl groups is 2. The second-order valence-electron chi connectivity index (χ2n) is 25.3. The van der Waals surface area contributed by atoms with Crippen LogP contribution in [0, 0.1) is 0 Å². The van der Waals surface area contributed by atoms with Gasteiger partial charge in [-0.05, 0) is 89.9 Å². The van der Waals surface area contributed by atoms with Gasteiger partial charge in [-0.3, -0.25) is 9.59 Å². The third-order valence-electron chi connectivity index (χ3n) is 17.1. The summed E-state index contributed by atoms with van der Waals surface area (Å²) >= 11 is 0. The van der Waals surface area contributed by atoms with Crippen LogP contribution in [0.2, 0.25) is 0 Å². The molecule has 3 N–H and O–H groups in total. The summed E-state index contributed by atoms with van der Waals surface area (Å²) in [5.41, 5.74) is 0. The molecule has 0 heterocycles. The summed E-state index contributed by atoms with van der Waals surface area (Å²) in [6.45, 7) is 4.92. The molecule has 482 valence electrons. The Morgan fingerprint density at radius 1 is 0.341 bits per heavy atom. The molecule has 2 atom stereocenters. The van der Waals surface area contributed by atoms with E-state index in [2.05, 4.69) is 55.6 Å². The largest absolute Gasteiger partial charge is 0.466 e. The number of amides is 1. The van der Waals surface area contributed by atoms with Gasteiger partial charge in [-0.1, -0.05) is 345 Å². The number of hydrogen-bond acceptors (Lipinski definition) is 5. The molecule has 2 unspecified atom stereocenters. The van der Waals surface area contributed by atoms with Crippen molar-refractivity contribution < 1.29 is 24.5 Å². The highest BCUT2D eigenvalue weighted by molar-refractivity contribution is 5.76.